The van der Waals surface area contributed by atoms with Gasteiger partial charge in [0.2, 0.25) is 0 Å². The van der Waals surface area contributed by atoms with Crippen molar-refractivity contribution in [1.82, 2.24) is 0 Å². The molecule has 0 bridgehead atoms. The maximum Gasteiger partial charge on any atom is 0.175 e. The summed E-state index contributed by atoms with van der Waals surface area (Å²) in [7, 11) is -1.49. The molecule has 0 aromatic heterocycles. The molecule has 0 heterocycles. The molecule has 0 saturated carbocycles. The predicted molar refractivity (Wildman–Crippen MR) is 89.8 cm³/mol. The normalized spacial score (nSPS) is 11.4. The van der Waals surface area contributed by atoms with Gasteiger partial charge in [-0.3, -0.25) is 0 Å². The molecule has 0 unspecified atom stereocenters. The summed E-state index contributed by atoms with van der Waals surface area (Å²) in [5.74, 6) is 1.59. The van der Waals surface area contributed by atoms with Crippen LogP contribution in [0.5, 0.6) is 5.75 Å². The Kier molecular flexibility index (Phi) is 5.35. The summed E-state index contributed by atoms with van der Waals surface area (Å²) in [5.41, 5.74) is 1.13. The Morgan fingerprint density at radius 3 is 2.38 bits per heavy atom. The van der Waals surface area contributed by atoms with Crippen LogP contribution in [0.3, 0.4) is 0 Å². The van der Waals surface area contributed by atoms with E-state index in [9.17, 15) is 8.42 Å². The summed E-state index contributed by atoms with van der Waals surface area (Å²) in [5, 5.41) is 0. The van der Waals surface area contributed by atoms with Gasteiger partial charge in [0.1, 0.15) is 5.75 Å². The van der Waals surface area contributed by atoms with Crippen LogP contribution in [0.4, 0.5) is 0 Å². The largest absolute Gasteiger partial charge is 0.497 e. The second kappa shape index (κ2) is 6.85. The third-order valence-electron chi connectivity index (χ3n) is 2.90. The zero-order valence-corrected chi connectivity index (χ0v) is 14.9. The minimum Gasteiger partial charge on any atom is -0.497 e. The molecule has 0 fully saturated rings. The third-order valence-corrected chi connectivity index (χ3v) is 5.86. The van der Waals surface area contributed by atoms with Crippen molar-refractivity contribution in [2.24, 2.45) is 0 Å². The Morgan fingerprint density at radius 2 is 1.81 bits per heavy atom. The highest BCUT2D eigenvalue weighted by Crippen LogP contribution is 2.30. The molecule has 0 aliphatic heterocycles. The summed E-state index contributed by atoms with van der Waals surface area (Å²) in [6.45, 7) is 0. The lowest BCUT2D eigenvalue weighted by atomic mass is 10.2. The average Bonchev–Trinajstić information content (AvgIpc) is 2.46. The number of hydrogen-bond acceptors (Lipinski definition) is 4. The van der Waals surface area contributed by atoms with E-state index in [-0.39, 0.29) is 0 Å². The van der Waals surface area contributed by atoms with Crippen LogP contribution in [-0.2, 0) is 15.6 Å². The highest BCUT2D eigenvalue weighted by molar-refractivity contribution is 9.10. The molecule has 2 aromatic rings. The monoisotopic (exact) mass is 386 g/mol. The zero-order valence-electron chi connectivity index (χ0n) is 11.7. The molecular formula is C15H15BrO3S2. The van der Waals surface area contributed by atoms with E-state index in [0.29, 0.717) is 4.90 Å². The Bertz CT molecular complexity index is 725. The second-order valence-electron chi connectivity index (χ2n) is 4.49. The van der Waals surface area contributed by atoms with E-state index >= 15 is 0 Å². The van der Waals surface area contributed by atoms with Crippen molar-refractivity contribution in [2.75, 3.05) is 13.4 Å². The molecule has 2 aromatic carbocycles. The molecule has 0 atom stereocenters. The summed E-state index contributed by atoms with van der Waals surface area (Å²) in [4.78, 5) is 1.37. The third kappa shape index (κ3) is 4.49. The van der Waals surface area contributed by atoms with Crippen LogP contribution >= 0.6 is 27.7 Å². The highest BCUT2D eigenvalue weighted by Gasteiger charge is 2.07. The number of sulfone groups is 1. The number of benzene rings is 2. The van der Waals surface area contributed by atoms with Crippen LogP contribution in [0, 0.1) is 0 Å². The molecule has 0 aliphatic carbocycles. The van der Waals surface area contributed by atoms with Gasteiger partial charge in [-0.2, -0.15) is 0 Å². The summed E-state index contributed by atoms with van der Waals surface area (Å²) < 4.78 is 29.1. The van der Waals surface area contributed by atoms with E-state index in [4.69, 9.17) is 4.74 Å². The minimum atomic E-state index is -3.14. The van der Waals surface area contributed by atoms with Gasteiger partial charge in [-0.15, -0.1) is 11.8 Å². The molecule has 0 N–H and O–H groups in total. The fourth-order valence-corrected chi connectivity index (χ4v) is 3.83. The van der Waals surface area contributed by atoms with Gasteiger partial charge in [-0.1, -0.05) is 15.9 Å². The molecule has 3 nitrogen and oxygen atoms in total. The molecule has 21 heavy (non-hydrogen) atoms. The minimum absolute atomic E-state index is 0.342. The van der Waals surface area contributed by atoms with E-state index in [1.165, 1.54) is 6.26 Å². The van der Waals surface area contributed by atoms with E-state index in [2.05, 4.69) is 15.9 Å². The van der Waals surface area contributed by atoms with Gasteiger partial charge in [0.25, 0.3) is 0 Å². The number of thioether (sulfide) groups is 1. The topological polar surface area (TPSA) is 43.4 Å². The van der Waals surface area contributed by atoms with Crippen LogP contribution in [0.2, 0.25) is 0 Å². The summed E-state index contributed by atoms with van der Waals surface area (Å²) in [6.07, 6.45) is 1.21. The lowest BCUT2D eigenvalue weighted by molar-refractivity contribution is 0.414. The van der Waals surface area contributed by atoms with Gasteiger partial charge in [-0.05, 0) is 48.0 Å². The lowest BCUT2D eigenvalue weighted by Gasteiger charge is -2.07. The van der Waals surface area contributed by atoms with Crippen molar-refractivity contribution in [3.05, 3.63) is 52.5 Å². The van der Waals surface area contributed by atoms with Gasteiger partial charge in [0.05, 0.1) is 12.0 Å². The molecule has 2 rings (SSSR count). The zero-order chi connectivity index (χ0) is 15.5. The quantitative estimate of drug-likeness (QED) is 0.723. The van der Waals surface area contributed by atoms with Gasteiger partial charge >= 0.3 is 0 Å². The molecule has 112 valence electrons. The second-order valence-corrected chi connectivity index (χ2v) is 8.41. The van der Waals surface area contributed by atoms with Crippen molar-refractivity contribution in [3.8, 4) is 5.75 Å². The van der Waals surface area contributed by atoms with Gasteiger partial charge in [0, 0.05) is 21.4 Å². The number of rotatable bonds is 5. The standard InChI is InChI=1S/C15H15BrO3S2/c1-19-12-3-8-15(16)11(9-12)10-20-13-4-6-14(7-5-13)21(2,17)18/h3-9H,10H2,1-2H3. The van der Waals surface area contributed by atoms with Crippen molar-refractivity contribution in [3.63, 3.8) is 0 Å². The van der Waals surface area contributed by atoms with Crippen LogP contribution in [-0.4, -0.2) is 21.8 Å². The fraction of sp³-hybridized carbons (Fsp3) is 0.200. The lowest BCUT2D eigenvalue weighted by Crippen LogP contribution is -1.96. The average molecular weight is 387 g/mol. The Balaban J connectivity index is 2.10. The molecule has 0 saturated heterocycles. The Morgan fingerprint density at radius 1 is 1.14 bits per heavy atom. The van der Waals surface area contributed by atoms with E-state index in [0.717, 1.165) is 26.4 Å². The Labute approximate surface area is 137 Å². The van der Waals surface area contributed by atoms with Crippen LogP contribution in [0.25, 0.3) is 0 Å². The molecule has 0 amide bonds. The number of halogens is 1. The molecule has 0 radical (unpaired) electrons. The van der Waals surface area contributed by atoms with Crippen molar-refractivity contribution < 1.29 is 13.2 Å². The van der Waals surface area contributed by atoms with E-state index < -0.39 is 9.84 Å². The van der Waals surface area contributed by atoms with Crippen LogP contribution < -0.4 is 4.74 Å². The first-order valence-electron chi connectivity index (χ1n) is 6.15. The number of ether oxygens (including phenoxy) is 1. The van der Waals surface area contributed by atoms with E-state index in [1.54, 1.807) is 31.0 Å². The SMILES string of the molecule is COc1ccc(Br)c(CSc2ccc(S(C)(=O)=O)cc2)c1. The van der Waals surface area contributed by atoms with Gasteiger partial charge in [0.15, 0.2) is 9.84 Å². The van der Waals surface area contributed by atoms with Crippen molar-refractivity contribution >= 4 is 37.5 Å². The number of methoxy groups -OCH3 is 1. The van der Waals surface area contributed by atoms with E-state index in [1.807, 2.05) is 30.3 Å². The van der Waals surface area contributed by atoms with Crippen molar-refractivity contribution in [2.45, 2.75) is 15.5 Å². The van der Waals surface area contributed by atoms with Crippen LogP contribution in [0.1, 0.15) is 5.56 Å². The first-order valence-corrected chi connectivity index (χ1v) is 9.82. The predicted octanol–water partition coefficient (Wildman–Crippen LogP) is 4.15. The van der Waals surface area contributed by atoms with Crippen LogP contribution in [0.15, 0.2) is 56.7 Å². The molecule has 0 aliphatic rings. The summed E-state index contributed by atoms with van der Waals surface area (Å²) >= 11 is 5.17. The molecule has 6 heteroatoms. The first kappa shape index (κ1) is 16.4. The molecular weight excluding hydrogens is 372 g/mol. The first-order chi connectivity index (χ1) is 9.90. The fourth-order valence-electron chi connectivity index (χ4n) is 1.73. The maximum absolute atomic E-state index is 11.4. The number of hydrogen-bond donors (Lipinski definition) is 0. The summed E-state index contributed by atoms with van der Waals surface area (Å²) in [6, 6.07) is 12.8. The van der Waals surface area contributed by atoms with Gasteiger partial charge < -0.3 is 4.74 Å². The smallest absolute Gasteiger partial charge is 0.175 e. The van der Waals surface area contributed by atoms with Gasteiger partial charge in [-0.25, -0.2) is 8.42 Å². The van der Waals surface area contributed by atoms with Crippen molar-refractivity contribution in [1.29, 1.82) is 0 Å². The molecule has 0 spiro atoms. The Hall–Kier alpha value is -0.980. The highest BCUT2D eigenvalue weighted by atomic mass is 79.9. The maximum atomic E-state index is 11.4.